The van der Waals surface area contributed by atoms with Crippen LogP contribution in [0.1, 0.15) is 52.9 Å². The molecule has 0 saturated heterocycles. The van der Waals surface area contributed by atoms with E-state index in [1.165, 1.54) is 6.42 Å². The van der Waals surface area contributed by atoms with Gasteiger partial charge < -0.3 is 0 Å². The molecule has 1 fully saturated rings. The molecule has 3 nitrogen and oxygen atoms in total. The van der Waals surface area contributed by atoms with Gasteiger partial charge in [0, 0.05) is 12.2 Å². The Bertz CT molecular complexity index is 381. The van der Waals surface area contributed by atoms with Crippen molar-refractivity contribution < 1.29 is 13.2 Å². The largest absolute Gasteiger partial charge is 0.298 e. The van der Waals surface area contributed by atoms with Crippen LogP contribution in [-0.4, -0.2) is 25.2 Å². The summed E-state index contributed by atoms with van der Waals surface area (Å²) >= 11 is 0. The number of rotatable bonds is 4. The fourth-order valence-electron chi connectivity index (χ4n) is 2.57. The molecule has 0 aromatic carbocycles. The Kier molecular flexibility index (Phi) is 4.39. The lowest BCUT2D eigenvalue weighted by molar-refractivity contribution is -0.126. The first kappa shape index (κ1) is 14.7. The zero-order valence-corrected chi connectivity index (χ0v) is 12.1. The van der Waals surface area contributed by atoms with Crippen LogP contribution in [0, 0.1) is 11.8 Å². The third-order valence-electron chi connectivity index (χ3n) is 4.25. The van der Waals surface area contributed by atoms with Gasteiger partial charge in [0.2, 0.25) is 0 Å². The molecule has 0 spiro atoms. The van der Waals surface area contributed by atoms with Gasteiger partial charge in [-0.15, -0.1) is 0 Å². The van der Waals surface area contributed by atoms with Crippen LogP contribution in [0.3, 0.4) is 0 Å². The first-order chi connectivity index (χ1) is 7.70. The normalized spacial score (nSPS) is 26.8. The van der Waals surface area contributed by atoms with Crippen molar-refractivity contribution in [2.24, 2.45) is 11.8 Å². The summed E-state index contributed by atoms with van der Waals surface area (Å²) in [6.45, 7) is 5.22. The quantitative estimate of drug-likeness (QED) is 0.780. The van der Waals surface area contributed by atoms with Crippen molar-refractivity contribution in [3.05, 3.63) is 0 Å². The second kappa shape index (κ2) is 5.09. The highest BCUT2D eigenvalue weighted by Gasteiger charge is 2.42. The predicted octanol–water partition coefficient (Wildman–Crippen LogP) is 2.60. The van der Waals surface area contributed by atoms with Crippen molar-refractivity contribution in [2.45, 2.75) is 57.6 Å². The molecule has 100 valence electrons. The lowest BCUT2D eigenvalue weighted by Gasteiger charge is -2.32. The predicted molar refractivity (Wildman–Crippen MR) is 69.7 cm³/mol. The number of Topliss-reactive ketones (excluding diaryl/α,β-unsaturated/α-hetero) is 1. The summed E-state index contributed by atoms with van der Waals surface area (Å²) in [5.74, 6) is 0.449. The van der Waals surface area contributed by atoms with E-state index in [4.69, 9.17) is 0 Å². The van der Waals surface area contributed by atoms with E-state index in [2.05, 4.69) is 6.92 Å². The van der Waals surface area contributed by atoms with Crippen LogP contribution < -0.4 is 0 Å². The zero-order valence-electron chi connectivity index (χ0n) is 11.3. The van der Waals surface area contributed by atoms with E-state index in [0.29, 0.717) is 5.92 Å². The molecule has 17 heavy (non-hydrogen) atoms. The molecule has 0 bridgehead atoms. The van der Waals surface area contributed by atoms with E-state index in [9.17, 15) is 13.2 Å². The SMILES string of the molecule is CCC1CCCC(C(=O)C(C)(C)S(C)(=O)=O)C1. The number of carbonyl (C=O) groups is 1. The summed E-state index contributed by atoms with van der Waals surface area (Å²) in [7, 11) is -3.32. The molecular formula is C13H24O3S. The van der Waals surface area contributed by atoms with E-state index >= 15 is 0 Å². The highest BCUT2D eigenvalue weighted by Crippen LogP contribution is 2.35. The maximum absolute atomic E-state index is 12.3. The molecule has 0 aliphatic heterocycles. The van der Waals surface area contributed by atoms with Crippen molar-refractivity contribution in [1.82, 2.24) is 0 Å². The minimum atomic E-state index is -3.32. The third kappa shape index (κ3) is 3.09. The molecule has 0 N–H and O–H groups in total. The van der Waals surface area contributed by atoms with Crippen molar-refractivity contribution in [2.75, 3.05) is 6.26 Å². The van der Waals surface area contributed by atoms with Crippen LogP contribution in [0.15, 0.2) is 0 Å². The van der Waals surface area contributed by atoms with Crippen molar-refractivity contribution in [1.29, 1.82) is 0 Å². The second-order valence-electron chi connectivity index (χ2n) is 5.78. The smallest absolute Gasteiger partial charge is 0.159 e. The summed E-state index contributed by atoms with van der Waals surface area (Å²) in [5, 5.41) is 0. The van der Waals surface area contributed by atoms with Gasteiger partial charge in [0.05, 0.1) is 0 Å². The van der Waals surface area contributed by atoms with Crippen LogP contribution in [-0.2, 0) is 14.6 Å². The average Bonchev–Trinajstić information content (AvgIpc) is 2.26. The van der Waals surface area contributed by atoms with Crippen LogP contribution in [0.2, 0.25) is 0 Å². The molecular weight excluding hydrogens is 236 g/mol. The summed E-state index contributed by atoms with van der Waals surface area (Å²) < 4.78 is 22.1. The zero-order chi connectivity index (χ0) is 13.3. The average molecular weight is 260 g/mol. The van der Waals surface area contributed by atoms with E-state index in [1.807, 2.05) is 0 Å². The van der Waals surface area contributed by atoms with Crippen molar-refractivity contribution in [3.63, 3.8) is 0 Å². The maximum atomic E-state index is 12.3. The Balaban J connectivity index is 2.83. The number of hydrogen-bond donors (Lipinski definition) is 0. The number of hydrogen-bond acceptors (Lipinski definition) is 3. The van der Waals surface area contributed by atoms with Gasteiger partial charge in [0.15, 0.2) is 15.6 Å². The Morgan fingerprint density at radius 2 is 1.88 bits per heavy atom. The minimum absolute atomic E-state index is 0.0570. The Morgan fingerprint density at radius 3 is 2.35 bits per heavy atom. The molecule has 1 aliphatic rings. The van der Waals surface area contributed by atoms with Gasteiger partial charge in [0.1, 0.15) is 4.75 Å². The molecule has 1 aliphatic carbocycles. The highest BCUT2D eigenvalue weighted by atomic mass is 32.2. The Labute approximate surface area is 105 Å². The van der Waals surface area contributed by atoms with E-state index in [-0.39, 0.29) is 11.7 Å². The number of carbonyl (C=O) groups excluding carboxylic acids is 1. The van der Waals surface area contributed by atoms with Gasteiger partial charge in [-0.25, -0.2) is 8.42 Å². The molecule has 0 aromatic rings. The minimum Gasteiger partial charge on any atom is -0.298 e. The lowest BCUT2D eigenvalue weighted by Crippen LogP contribution is -2.44. The van der Waals surface area contributed by atoms with Crippen LogP contribution in [0.25, 0.3) is 0 Å². The molecule has 0 radical (unpaired) electrons. The van der Waals surface area contributed by atoms with Crippen molar-refractivity contribution in [3.8, 4) is 0 Å². The monoisotopic (exact) mass is 260 g/mol. The third-order valence-corrected chi connectivity index (χ3v) is 6.31. The lowest BCUT2D eigenvalue weighted by atomic mass is 9.76. The van der Waals surface area contributed by atoms with Gasteiger partial charge in [-0.05, 0) is 32.6 Å². The van der Waals surface area contributed by atoms with Gasteiger partial charge >= 0.3 is 0 Å². The van der Waals surface area contributed by atoms with E-state index in [1.54, 1.807) is 13.8 Å². The van der Waals surface area contributed by atoms with Crippen LogP contribution in [0.4, 0.5) is 0 Å². The van der Waals surface area contributed by atoms with Crippen LogP contribution >= 0.6 is 0 Å². The van der Waals surface area contributed by atoms with Crippen LogP contribution in [0.5, 0.6) is 0 Å². The maximum Gasteiger partial charge on any atom is 0.159 e. The molecule has 2 atom stereocenters. The van der Waals surface area contributed by atoms with Gasteiger partial charge in [-0.1, -0.05) is 26.2 Å². The fourth-order valence-corrected chi connectivity index (χ4v) is 3.11. The van der Waals surface area contributed by atoms with Crippen molar-refractivity contribution >= 4 is 15.6 Å². The van der Waals surface area contributed by atoms with Gasteiger partial charge in [0.25, 0.3) is 0 Å². The molecule has 0 amide bonds. The summed E-state index contributed by atoms with van der Waals surface area (Å²) in [4.78, 5) is 12.3. The standard InChI is InChI=1S/C13H24O3S/c1-5-10-7-6-8-11(9-10)12(14)13(2,3)17(4,15)16/h10-11H,5-9H2,1-4H3. The molecule has 0 heterocycles. The van der Waals surface area contributed by atoms with E-state index < -0.39 is 14.6 Å². The highest BCUT2D eigenvalue weighted by molar-refractivity contribution is 7.92. The van der Waals surface area contributed by atoms with Gasteiger partial charge in [-0.3, -0.25) is 4.79 Å². The fraction of sp³-hybridized carbons (Fsp3) is 0.923. The number of sulfone groups is 1. The molecule has 4 heteroatoms. The Hall–Kier alpha value is -0.380. The first-order valence-corrected chi connectivity index (χ1v) is 8.33. The summed E-state index contributed by atoms with van der Waals surface area (Å²) in [6.07, 6.45) is 6.20. The Morgan fingerprint density at radius 1 is 1.29 bits per heavy atom. The molecule has 1 saturated carbocycles. The van der Waals surface area contributed by atoms with Gasteiger partial charge in [-0.2, -0.15) is 0 Å². The topological polar surface area (TPSA) is 51.2 Å². The summed E-state index contributed by atoms with van der Waals surface area (Å²) in [6, 6.07) is 0. The second-order valence-corrected chi connectivity index (χ2v) is 8.35. The first-order valence-electron chi connectivity index (χ1n) is 6.44. The molecule has 2 unspecified atom stereocenters. The summed E-state index contributed by atoms with van der Waals surface area (Å²) in [5.41, 5.74) is 0. The molecule has 1 rings (SSSR count). The molecule has 0 aromatic heterocycles. The van der Waals surface area contributed by atoms with E-state index in [0.717, 1.165) is 31.9 Å². The number of ketones is 1.